The van der Waals surface area contributed by atoms with Gasteiger partial charge < -0.3 is 19.5 Å². The molecule has 0 amide bonds. The lowest BCUT2D eigenvalue weighted by Crippen LogP contribution is -2.21. The highest BCUT2D eigenvalue weighted by Crippen LogP contribution is 2.14. The second-order valence-electron chi connectivity index (χ2n) is 3.91. The average Bonchev–Trinajstić information content (AvgIpc) is 2.42. The highest BCUT2D eigenvalue weighted by atomic mass is 16.5. The molecular formula is C12H22N4O3. The highest BCUT2D eigenvalue weighted by Gasteiger charge is 2.11. The fraction of sp³-hybridized carbons (Fsp3) is 0.750. The third-order valence-electron chi connectivity index (χ3n) is 2.12. The maximum Gasteiger partial charge on any atom is 0.324 e. The molecule has 0 radical (unpaired) electrons. The molecular weight excluding hydrogens is 248 g/mol. The van der Waals surface area contributed by atoms with Crippen LogP contribution in [-0.2, 0) is 4.74 Å². The van der Waals surface area contributed by atoms with Crippen molar-refractivity contribution in [3.63, 3.8) is 0 Å². The second kappa shape index (κ2) is 8.47. The molecule has 0 fully saturated rings. The van der Waals surface area contributed by atoms with Gasteiger partial charge in [0.05, 0.1) is 13.2 Å². The SMILES string of the molecule is CCCOc1nc(NC)nc(OC(C)COCC)n1. The van der Waals surface area contributed by atoms with Gasteiger partial charge >= 0.3 is 12.0 Å². The van der Waals surface area contributed by atoms with E-state index in [1.165, 1.54) is 0 Å². The Bertz CT molecular complexity index is 376. The Kier molecular flexibility index (Phi) is 6.88. The smallest absolute Gasteiger partial charge is 0.324 e. The minimum absolute atomic E-state index is 0.133. The molecule has 0 aromatic carbocycles. The number of nitrogens with zero attached hydrogens (tertiary/aromatic N) is 3. The minimum atomic E-state index is -0.133. The molecule has 1 N–H and O–H groups in total. The van der Waals surface area contributed by atoms with Crippen LogP contribution in [0.3, 0.4) is 0 Å². The Hall–Kier alpha value is -1.63. The summed E-state index contributed by atoms with van der Waals surface area (Å²) in [7, 11) is 1.73. The summed E-state index contributed by atoms with van der Waals surface area (Å²) in [5, 5.41) is 2.85. The molecule has 1 unspecified atom stereocenters. The zero-order valence-corrected chi connectivity index (χ0v) is 12.0. The number of aromatic nitrogens is 3. The van der Waals surface area contributed by atoms with E-state index in [1.54, 1.807) is 7.05 Å². The first-order chi connectivity index (χ1) is 9.19. The van der Waals surface area contributed by atoms with E-state index in [2.05, 4.69) is 20.3 Å². The van der Waals surface area contributed by atoms with Crippen LogP contribution in [0, 0.1) is 0 Å². The van der Waals surface area contributed by atoms with E-state index in [4.69, 9.17) is 14.2 Å². The van der Waals surface area contributed by atoms with Crippen molar-refractivity contribution < 1.29 is 14.2 Å². The summed E-state index contributed by atoms with van der Waals surface area (Å²) in [6.45, 7) is 7.54. The van der Waals surface area contributed by atoms with Crippen LogP contribution in [0.5, 0.6) is 12.0 Å². The van der Waals surface area contributed by atoms with Crippen LogP contribution in [0.1, 0.15) is 27.2 Å². The van der Waals surface area contributed by atoms with Crippen LogP contribution in [0.15, 0.2) is 0 Å². The van der Waals surface area contributed by atoms with Crippen molar-refractivity contribution in [2.75, 3.05) is 32.2 Å². The fourth-order valence-corrected chi connectivity index (χ4v) is 1.26. The van der Waals surface area contributed by atoms with Crippen molar-refractivity contribution >= 4 is 5.95 Å². The van der Waals surface area contributed by atoms with E-state index in [9.17, 15) is 0 Å². The molecule has 7 heteroatoms. The lowest BCUT2D eigenvalue weighted by molar-refractivity contribution is 0.0601. The molecule has 1 rings (SSSR count). The number of ether oxygens (including phenoxy) is 3. The number of hydrogen-bond acceptors (Lipinski definition) is 7. The van der Waals surface area contributed by atoms with E-state index < -0.39 is 0 Å². The van der Waals surface area contributed by atoms with Gasteiger partial charge in [-0.3, -0.25) is 0 Å². The van der Waals surface area contributed by atoms with E-state index >= 15 is 0 Å². The number of hydrogen-bond donors (Lipinski definition) is 1. The molecule has 0 saturated heterocycles. The van der Waals surface area contributed by atoms with Crippen LogP contribution in [-0.4, -0.2) is 47.9 Å². The summed E-state index contributed by atoms with van der Waals surface area (Å²) in [5.41, 5.74) is 0. The highest BCUT2D eigenvalue weighted by molar-refractivity contribution is 5.26. The predicted octanol–water partition coefficient (Wildman–Crippen LogP) is 1.51. The lowest BCUT2D eigenvalue weighted by atomic mass is 10.4. The van der Waals surface area contributed by atoms with Crippen molar-refractivity contribution in [2.45, 2.75) is 33.3 Å². The largest absolute Gasteiger partial charge is 0.463 e. The van der Waals surface area contributed by atoms with Gasteiger partial charge in [-0.2, -0.15) is 9.97 Å². The first kappa shape index (κ1) is 15.4. The van der Waals surface area contributed by atoms with Gasteiger partial charge in [0.15, 0.2) is 0 Å². The van der Waals surface area contributed by atoms with E-state index in [1.807, 2.05) is 20.8 Å². The van der Waals surface area contributed by atoms with Crippen LogP contribution < -0.4 is 14.8 Å². The van der Waals surface area contributed by atoms with Crippen LogP contribution in [0.2, 0.25) is 0 Å². The van der Waals surface area contributed by atoms with Crippen molar-refractivity contribution in [2.24, 2.45) is 0 Å². The lowest BCUT2D eigenvalue weighted by Gasteiger charge is -2.13. The van der Waals surface area contributed by atoms with Crippen LogP contribution in [0.4, 0.5) is 5.95 Å². The van der Waals surface area contributed by atoms with Crippen LogP contribution >= 0.6 is 0 Å². The Morgan fingerprint density at radius 1 is 1.16 bits per heavy atom. The van der Waals surface area contributed by atoms with E-state index in [0.717, 1.165) is 6.42 Å². The molecule has 0 saturated carbocycles. The zero-order chi connectivity index (χ0) is 14.1. The third-order valence-corrected chi connectivity index (χ3v) is 2.12. The van der Waals surface area contributed by atoms with Gasteiger partial charge in [-0.1, -0.05) is 6.92 Å². The molecule has 1 heterocycles. The van der Waals surface area contributed by atoms with E-state index in [-0.39, 0.29) is 18.1 Å². The first-order valence-electron chi connectivity index (χ1n) is 6.50. The van der Waals surface area contributed by atoms with Gasteiger partial charge in [-0.15, -0.1) is 4.98 Å². The van der Waals surface area contributed by atoms with Gasteiger partial charge in [-0.05, 0) is 20.3 Å². The molecule has 108 valence electrons. The van der Waals surface area contributed by atoms with Gasteiger partial charge in [0.25, 0.3) is 0 Å². The van der Waals surface area contributed by atoms with Crippen molar-refractivity contribution in [3.05, 3.63) is 0 Å². The molecule has 7 nitrogen and oxygen atoms in total. The van der Waals surface area contributed by atoms with Gasteiger partial charge in [0.2, 0.25) is 5.95 Å². The number of anilines is 1. The molecule has 0 spiro atoms. The van der Waals surface area contributed by atoms with Crippen molar-refractivity contribution in [1.82, 2.24) is 15.0 Å². The molecule has 19 heavy (non-hydrogen) atoms. The van der Waals surface area contributed by atoms with Gasteiger partial charge in [0, 0.05) is 13.7 Å². The summed E-state index contributed by atoms with van der Waals surface area (Å²) >= 11 is 0. The molecule has 0 aliphatic rings. The zero-order valence-electron chi connectivity index (χ0n) is 12.0. The molecule has 0 bridgehead atoms. The Morgan fingerprint density at radius 2 is 1.89 bits per heavy atom. The van der Waals surface area contributed by atoms with E-state index in [0.29, 0.717) is 25.8 Å². The molecule has 0 aliphatic heterocycles. The minimum Gasteiger partial charge on any atom is -0.463 e. The van der Waals surface area contributed by atoms with Crippen molar-refractivity contribution in [1.29, 1.82) is 0 Å². The summed E-state index contributed by atoms with van der Waals surface area (Å²) in [5.74, 6) is 0.416. The Morgan fingerprint density at radius 3 is 2.53 bits per heavy atom. The average molecular weight is 270 g/mol. The summed E-state index contributed by atoms with van der Waals surface area (Å²) < 4.78 is 16.2. The topological polar surface area (TPSA) is 78.4 Å². The second-order valence-corrected chi connectivity index (χ2v) is 3.91. The molecule has 1 aromatic heterocycles. The standard InChI is InChI=1S/C12H22N4O3/c1-5-7-18-11-14-10(13-4)15-12(16-11)19-9(3)8-17-6-2/h9H,5-8H2,1-4H3,(H,13,14,15,16). The molecule has 0 aliphatic carbocycles. The monoisotopic (exact) mass is 270 g/mol. The number of nitrogens with one attached hydrogen (secondary N) is 1. The first-order valence-corrected chi connectivity index (χ1v) is 6.50. The predicted molar refractivity (Wildman–Crippen MR) is 71.7 cm³/mol. The van der Waals surface area contributed by atoms with Gasteiger partial charge in [-0.25, -0.2) is 0 Å². The third kappa shape index (κ3) is 5.69. The normalized spacial score (nSPS) is 12.0. The van der Waals surface area contributed by atoms with Gasteiger partial charge in [0.1, 0.15) is 6.10 Å². The Balaban J connectivity index is 2.69. The number of rotatable bonds is 9. The summed E-state index contributed by atoms with van der Waals surface area (Å²) in [6.07, 6.45) is 0.753. The van der Waals surface area contributed by atoms with Crippen LogP contribution in [0.25, 0.3) is 0 Å². The quantitative estimate of drug-likeness (QED) is 0.728. The maximum absolute atomic E-state index is 5.57. The Labute approximate surface area is 113 Å². The maximum atomic E-state index is 5.57. The molecule has 1 atom stereocenters. The molecule has 1 aromatic rings. The van der Waals surface area contributed by atoms with Crippen molar-refractivity contribution in [3.8, 4) is 12.0 Å². The summed E-state index contributed by atoms with van der Waals surface area (Å²) in [6, 6.07) is 0.498. The summed E-state index contributed by atoms with van der Waals surface area (Å²) in [4.78, 5) is 12.3. The fourth-order valence-electron chi connectivity index (χ4n) is 1.26.